The van der Waals surface area contributed by atoms with Gasteiger partial charge >= 0.3 is 0 Å². The summed E-state index contributed by atoms with van der Waals surface area (Å²) in [7, 11) is 0. The third-order valence-corrected chi connectivity index (χ3v) is 10.5. The van der Waals surface area contributed by atoms with Crippen molar-refractivity contribution in [3.05, 3.63) is 71.2 Å². The van der Waals surface area contributed by atoms with Gasteiger partial charge in [-0.1, -0.05) is 6.07 Å². The highest BCUT2D eigenvalue weighted by Crippen LogP contribution is 2.33. The molecule has 0 bridgehead atoms. The van der Waals surface area contributed by atoms with Crippen LogP contribution in [0.5, 0.6) is 0 Å². The normalized spacial score (nSPS) is 16.9. The van der Waals surface area contributed by atoms with Crippen molar-refractivity contribution in [3.8, 4) is 11.9 Å². The molecule has 2 aliphatic heterocycles. The Labute approximate surface area is 355 Å². The maximum Gasteiger partial charge on any atom is 0.264 e. The molecule has 5 amide bonds. The van der Waals surface area contributed by atoms with Gasteiger partial charge in [-0.15, -0.1) is 0 Å². The Morgan fingerprint density at radius 1 is 0.952 bits per heavy atom. The molecule has 2 atom stereocenters. The number of halogens is 1. The largest absolute Gasteiger partial charge is 0.382 e. The molecule has 3 aliphatic rings. The molecule has 326 valence electrons. The summed E-state index contributed by atoms with van der Waals surface area (Å²) in [6.07, 6.45) is 4.97. The van der Waals surface area contributed by atoms with E-state index in [1.165, 1.54) is 23.1 Å². The average Bonchev–Trinajstić information content (AvgIpc) is 3.92. The Bertz CT molecular complexity index is 2380. The van der Waals surface area contributed by atoms with Gasteiger partial charge in [0.1, 0.15) is 18.3 Å². The molecule has 4 N–H and O–H groups in total. The molecular formula is C42H47FN10O9. The Balaban J connectivity index is 0.756. The fraction of sp³-hybridized carbons (Fsp3) is 0.452. The van der Waals surface area contributed by atoms with Crippen molar-refractivity contribution >= 4 is 51.9 Å². The van der Waals surface area contributed by atoms with Crippen LogP contribution in [0.4, 0.5) is 15.8 Å². The van der Waals surface area contributed by atoms with E-state index in [1.54, 1.807) is 44.3 Å². The van der Waals surface area contributed by atoms with Crippen LogP contribution in [0.25, 0.3) is 16.9 Å². The summed E-state index contributed by atoms with van der Waals surface area (Å²) in [4.78, 5) is 73.1. The number of nitrogens with zero attached hydrogens (tertiary/aromatic N) is 6. The lowest BCUT2D eigenvalue weighted by molar-refractivity contribution is -0.136. The number of carbonyl (C=O) groups is 5. The Kier molecular flexibility index (Phi) is 13.8. The van der Waals surface area contributed by atoms with E-state index in [2.05, 4.69) is 42.4 Å². The fourth-order valence-corrected chi connectivity index (χ4v) is 6.90. The smallest absolute Gasteiger partial charge is 0.264 e. The highest BCUT2D eigenvalue weighted by atomic mass is 19.1. The molecule has 1 saturated heterocycles. The molecule has 2 fully saturated rings. The Morgan fingerprint density at radius 3 is 2.42 bits per heavy atom. The van der Waals surface area contributed by atoms with Gasteiger partial charge in [-0.25, -0.2) is 14.4 Å². The highest BCUT2D eigenvalue weighted by molar-refractivity contribution is 6.25. The van der Waals surface area contributed by atoms with Crippen LogP contribution in [-0.2, 0) is 28.5 Å². The standard InChI is InChI=1S/C42H47FN10O9/c1-42(2,33(43)24-48-38(55)29-23-46-34(19-31(29)50-27-6-7-27)53-37-26(22-49-53)18-25(20-44)21-47-37)62-17-16-61-15-14-60-13-12-59-11-10-45-30-5-3-4-28-36(30)41(58)52(40(28)57)32-8-9-35(54)51-39(32)56/h3-5,18-19,21-23,27,32-33,45H,6-17,24H2,1-2H3,(H,46,50)(H,48,55)(H,51,54,56). The van der Waals surface area contributed by atoms with Crippen LogP contribution in [0.1, 0.15) is 76.2 Å². The zero-order chi connectivity index (χ0) is 43.8. The van der Waals surface area contributed by atoms with E-state index in [0.29, 0.717) is 60.2 Å². The van der Waals surface area contributed by atoms with Gasteiger partial charge in [-0.2, -0.15) is 15.0 Å². The van der Waals surface area contributed by atoms with E-state index in [-0.39, 0.29) is 68.5 Å². The van der Waals surface area contributed by atoms with Crippen LogP contribution in [0.3, 0.4) is 0 Å². The summed E-state index contributed by atoms with van der Waals surface area (Å²) in [6, 6.07) is 9.47. The van der Waals surface area contributed by atoms with E-state index in [1.807, 2.05) is 0 Å². The second-order valence-electron chi connectivity index (χ2n) is 15.4. The van der Waals surface area contributed by atoms with Crippen LogP contribution >= 0.6 is 0 Å². The zero-order valence-electron chi connectivity index (χ0n) is 34.3. The van der Waals surface area contributed by atoms with E-state index in [4.69, 9.17) is 18.9 Å². The van der Waals surface area contributed by atoms with Crippen molar-refractivity contribution in [2.75, 3.05) is 70.0 Å². The number of pyridine rings is 2. The number of benzene rings is 1. The van der Waals surface area contributed by atoms with Gasteiger partial charge in [0.15, 0.2) is 11.5 Å². The molecule has 2 unspecified atom stereocenters. The number of hydrogen-bond donors (Lipinski definition) is 4. The minimum Gasteiger partial charge on any atom is -0.382 e. The minimum atomic E-state index is -1.53. The molecule has 5 heterocycles. The molecule has 4 aromatic rings. The summed E-state index contributed by atoms with van der Waals surface area (Å²) in [5.41, 5.74) is 1.30. The number of nitrogens with one attached hydrogen (secondary N) is 4. The second kappa shape index (κ2) is 19.5. The van der Waals surface area contributed by atoms with Crippen LogP contribution in [0, 0.1) is 11.3 Å². The van der Waals surface area contributed by atoms with Gasteiger partial charge in [0.05, 0.1) is 92.5 Å². The SMILES string of the molecule is CC(C)(OCCOCCOCCOCCNc1cccc2c1C(=O)N(C1CCC(=O)NC1=O)C2=O)C(F)CNC(=O)c1cnc(-n2ncc3cc(C#N)cnc32)cc1NC1CC1. The first-order valence-electron chi connectivity index (χ1n) is 20.3. The number of ether oxygens (including phenoxy) is 4. The number of carbonyl (C=O) groups excluding carboxylic acids is 5. The molecule has 0 spiro atoms. The number of piperidine rings is 1. The number of aromatic nitrogens is 4. The van der Waals surface area contributed by atoms with Crippen molar-refractivity contribution in [3.63, 3.8) is 0 Å². The molecule has 1 aliphatic carbocycles. The van der Waals surface area contributed by atoms with Crippen molar-refractivity contribution in [1.82, 2.24) is 35.3 Å². The van der Waals surface area contributed by atoms with Gasteiger partial charge in [-0.05, 0) is 51.3 Å². The average molecular weight is 855 g/mol. The fourth-order valence-electron chi connectivity index (χ4n) is 6.90. The monoisotopic (exact) mass is 854 g/mol. The van der Waals surface area contributed by atoms with Gasteiger partial charge < -0.3 is 34.9 Å². The third kappa shape index (κ3) is 10.2. The predicted octanol–water partition coefficient (Wildman–Crippen LogP) is 2.69. The van der Waals surface area contributed by atoms with Crippen LogP contribution in [0.2, 0.25) is 0 Å². The lowest BCUT2D eigenvalue weighted by Crippen LogP contribution is -2.54. The van der Waals surface area contributed by atoms with Crippen molar-refractivity contribution in [1.29, 1.82) is 5.26 Å². The lowest BCUT2D eigenvalue weighted by atomic mass is 10.0. The molecule has 1 saturated carbocycles. The van der Waals surface area contributed by atoms with E-state index < -0.39 is 47.4 Å². The van der Waals surface area contributed by atoms with Crippen LogP contribution < -0.4 is 21.3 Å². The molecule has 19 nitrogen and oxygen atoms in total. The summed E-state index contributed by atoms with van der Waals surface area (Å²) in [5.74, 6) is -2.33. The molecule has 0 radical (unpaired) electrons. The molecule has 20 heteroatoms. The highest BCUT2D eigenvalue weighted by Gasteiger charge is 2.45. The quantitative estimate of drug-likeness (QED) is 0.0657. The summed E-state index contributed by atoms with van der Waals surface area (Å²) in [6.45, 7) is 5.03. The number of fused-ring (bicyclic) bond motifs is 2. The molecular weight excluding hydrogens is 808 g/mol. The number of amides is 5. The molecule has 1 aromatic carbocycles. The maximum atomic E-state index is 15.4. The van der Waals surface area contributed by atoms with Crippen molar-refractivity contribution < 1.29 is 47.3 Å². The number of anilines is 2. The predicted molar refractivity (Wildman–Crippen MR) is 219 cm³/mol. The summed E-state index contributed by atoms with van der Waals surface area (Å²) in [5, 5.41) is 25.6. The minimum absolute atomic E-state index is 0.0430. The van der Waals surface area contributed by atoms with Gasteiger partial charge in [0.25, 0.3) is 17.7 Å². The van der Waals surface area contributed by atoms with Gasteiger partial charge in [0, 0.05) is 48.5 Å². The van der Waals surface area contributed by atoms with Crippen LogP contribution in [-0.4, -0.2) is 137 Å². The number of nitriles is 1. The summed E-state index contributed by atoms with van der Waals surface area (Å²) < 4.78 is 39.4. The number of hydrogen-bond acceptors (Lipinski definition) is 15. The first-order chi connectivity index (χ1) is 29.9. The zero-order valence-corrected chi connectivity index (χ0v) is 34.3. The molecule has 62 heavy (non-hydrogen) atoms. The number of rotatable bonds is 22. The van der Waals surface area contributed by atoms with E-state index >= 15 is 4.39 Å². The number of alkyl halides is 1. The number of imide groups is 2. The second-order valence-corrected chi connectivity index (χ2v) is 15.4. The maximum absolute atomic E-state index is 15.4. The lowest BCUT2D eigenvalue weighted by Gasteiger charge is -2.29. The van der Waals surface area contributed by atoms with Crippen LogP contribution in [0.15, 0.2) is 48.9 Å². The van der Waals surface area contributed by atoms with Crippen molar-refractivity contribution in [2.45, 2.75) is 63.4 Å². The van der Waals surface area contributed by atoms with Gasteiger partial charge in [-0.3, -0.25) is 34.2 Å². The summed E-state index contributed by atoms with van der Waals surface area (Å²) >= 11 is 0. The van der Waals surface area contributed by atoms with E-state index in [9.17, 15) is 29.2 Å². The Morgan fingerprint density at radius 2 is 1.69 bits per heavy atom. The van der Waals surface area contributed by atoms with Gasteiger partial charge in [0.2, 0.25) is 11.8 Å². The first kappa shape index (κ1) is 43.7. The molecule has 7 rings (SSSR count). The Hall–Kier alpha value is -6.40. The topological polar surface area (TPSA) is 241 Å². The first-order valence-corrected chi connectivity index (χ1v) is 20.3. The van der Waals surface area contributed by atoms with E-state index in [0.717, 1.165) is 17.7 Å². The molecule has 3 aromatic heterocycles. The third-order valence-electron chi connectivity index (χ3n) is 10.5. The van der Waals surface area contributed by atoms with Crippen molar-refractivity contribution in [2.24, 2.45) is 0 Å².